The maximum Gasteiger partial charge on any atom is 0.247 e. The van der Waals surface area contributed by atoms with E-state index in [0.717, 1.165) is 19.4 Å². The normalized spacial score (nSPS) is 16.2. The lowest BCUT2D eigenvalue weighted by Gasteiger charge is -2.34. The number of hydrogen-bond donors (Lipinski definition) is 3. The lowest BCUT2D eigenvalue weighted by molar-refractivity contribution is -0.117. The molecule has 1 aliphatic rings. The zero-order valence-electron chi connectivity index (χ0n) is 15.0. The van der Waals surface area contributed by atoms with Crippen molar-refractivity contribution in [1.82, 2.24) is 15.3 Å². The maximum atomic E-state index is 13.1. The number of aromatic nitrogens is 2. The molecule has 10 heteroatoms. The van der Waals surface area contributed by atoms with E-state index in [-0.39, 0.29) is 35.7 Å². The minimum atomic E-state index is -0.251. The van der Waals surface area contributed by atoms with Crippen LogP contribution in [0.3, 0.4) is 0 Å². The highest BCUT2D eigenvalue weighted by Crippen LogP contribution is 2.26. The Bertz CT molecular complexity index is 889. The van der Waals surface area contributed by atoms with Gasteiger partial charge in [0.15, 0.2) is 5.82 Å². The van der Waals surface area contributed by atoms with E-state index in [4.69, 9.17) is 28.9 Å². The largest absolute Gasteiger partial charge is 0.382 e. The van der Waals surface area contributed by atoms with Crippen molar-refractivity contribution in [3.8, 4) is 6.07 Å². The summed E-state index contributed by atoms with van der Waals surface area (Å²) < 4.78 is 0. The van der Waals surface area contributed by atoms with Gasteiger partial charge in [-0.1, -0.05) is 23.2 Å². The van der Waals surface area contributed by atoms with E-state index in [1.807, 2.05) is 6.07 Å². The molecule has 28 heavy (non-hydrogen) atoms. The summed E-state index contributed by atoms with van der Waals surface area (Å²) in [5.41, 5.74) is 6.54. The average molecular weight is 420 g/mol. The summed E-state index contributed by atoms with van der Waals surface area (Å²) in [5.74, 6) is 0.0164. The fraction of sp³-hybridized carbons (Fsp3) is 0.333. The third-order valence-corrected chi connectivity index (χ3v) is 4.84. The van der Waals surface area contributed by atoms with Crippen molar-refractivity contribution < 1.29 is 4.79 Å². The second kappa shape index (κ2) is 9.06. The molecule has 1 aromatic heterocycles. The zero-order valence-corrected chi connectivity index (χ0v) is 16.5. The van der Waals surface area contributed by atoms with Gasteiger partial charge < -0.3 is 16.4 Å². The van der Waals surface area contributed by atoms with Crippen molar-refractivity contribution in [3.05, 3.63) is 40.1 Å². The standard InChI is InChI=1S/C18H19Cl2N7O/c19-11-4-12(20)6-13(5-11)24-9-16(28)27(14-2-1-3-23-8-14)18-15(7-21)17(22)25-10-26-18/h4-6,10,14,23-24H,1-3,8-9H2,(H2,22,25,26)/t14-/m0/s1. The molecule has 0 radical (unpaired) electrons. The molecule has 1 amide bonds. The van der Waals surface area contributed by atoms with E-state index in [1.165, 1.54) is 11.2 Å². The van der Waals surface area contributed by atoms with Crippen LogP contribution in [0.25, 0.3) is 0 Å². The van der Waals surface area contributed by atoms with Crippen molar-refractivity contribution in [3.63, 3.8) is 0 Å². The molecule has 0 bridgehead atoms. The minimum Gasteiger partial charge on any atom is -0.382 e. The fourth-order valence-electron chi connectivity index (χ4n) is 3.15. The summed E-state index contributed by atoms with van der Waals surface area (Å²) >= 11 is 12.0. The lowest BCUT2D eigenvalue weighted by atomic mass is 10.0. The summed E-state index contributed by atoms with van der Waals surface area (Å²) in [6.07, 6.45) is 2.96. The highest BCUT2D eigenvalue weighted by atomic mass is 35.5. The Hall–Kier alpha value is -2.60. The van der Waals surface area contributed by atoms with Gasteiger partial charge >= 0.3 is 0 Å². The molecule has 1 fully saturated rings. The van der Waals surface area contributed by atoms with Gasteiger partial charge in [-0.25, -0.2) is 9.97 Å². The maximum absolute atomic E-state index is 13.1. The van der Waals surface area contributed by atoms with Crippen LogP contribution in [0.5, 0.6) is 0 Å². The van der Waals surface area contributed by atoms with Crippen LogP contribution in [0.2, 0.25) is 10.0 Å². The van der Waals surface area contributed by atoms with Gasteiger partial charge in [0.05, 0.1) is 12.6 Å². The molecular formula is C18H19Cl2N7O. The predicted octanol–water partition coefficient (Wildman–Crippen LogP) is 2.43. The number of benzene rings is 1. The van der Waals surface area contributed by atoms with Gasteiger partial charge in [0.1, 0.15) is 23.8 Å². The monoisotopic (exact) mass is 419 g/mol. The molecule has 0 aliphatic carbocycles. The van der Waals surface area contributed by atoms with Crippen molar-refractivity contribution in [2.45, 2.75) is 18.9 Å². The van der Waals surface area contributed by atoms with Crippen LogP contribution in [0, 0.1) is 11.3 Å². The first kappa shape index (κ1) is 20.1. The second-order valence-corrected chi connectivity index (χ2v) is 7.22. The van der Waals surface area contributed by atoms with Crippen molar-refractivity contribution in [2.24, 2.45) is 0 Å². The molecule has 1 aliphatic heterocycles. The molecule has 1 saturated heterocycles. The molecule has 2 aromatic rings. The molecule has 3 rings (SSSR count). The van der Waals surface area contributed by atoms with Gasteiger partial charge in [0, 0.05) is 22.3 Å². The lowest BCUT2D eigenvalue weighted by Crippen LogP contribution is -2.51. The third-order valence-electron chi connectivity index (χ3n) is 4.41. The Morgan fingerprint density at radius 3 is 2.75 bits per heavy atom. The third kappa shape index (κ3) is 4.62. The van der Waals surface area contributed by atoms with Crippen molar-refractivity contribution in [2.75, 3.05) is 35.6 Å². The van der Waals surface area contributed by atoms with Crippen LogP contribution in [0.1, 0.15) is 18.4 Å². The van der Waals surface area contributed by atoms with Crippen LogP contribution in [0.4, 0.5) is 17.3 Å². The van der Waals surface area contributed by atoms with Gasteiger partial charge in [0.2, 0.25) is 5.91 Å². The molecule has 4 N–H and O–H groups in total. The Morgan fingerprint density at radius 2 is 2.11 bits per heavy atom. The number of nitriles is 1. The van der Waals surface area contributed by atoms with Gasteiger partial charge in [-0.3, -0.25) is 9.69 Å². The Morgan fingerprint density at radius 1 is 1.36 bits per heavy atom. The molecule has 0 saturated carbocycles. The number of piperidine rings is 1. The summed E-state index contributed by atoms with van der Waals surface area (Å²) in [5, 5.41) is 16.7. The summed E-state index contributed by atoms with van der Waals surface area (Å²) in [6, 6.07) is 6.83. The highest BCUT2D eigenvalue weighted by Gasteiger charge is 2.30. The number of nitrogens with one attached hydrogen (secondary N) is 2. The first-order valence-electron chi connectivity index (χ1n) is 8.73. The van der Waals surface area contributed by atoms with Gasteiger partial charge in [-0.05, 0) is 37.6 Å². The van der Waals surface area contributed by atoms with Crippen LogP contribution in [0.15, 0.2) is 24.5 Å². The minimum absolute atomic E-state index is 0.0258. The molecule has 8 nitrogen and oxygen atoms in total. The van der Waals surface area contributed by atoms with Crippen LogP contribution < -0.4 is 21.3 Å². The smallest absolute Gasteiger partial charge is 0.247 e. The number of nitrogens with zero attached hydrogens (tertiary/aromatic N) is 4. The molecule has 146 valence electrons. The molecule has 1 aromatic carbocycles. The molecule has 2 heterocycles. The quantitative estimate of drug-likeness (QED) is 0.680. The van der Waals surface area contributed by atoms with E-state index in [2.05, 4.69) is 20.6 Å². The number of halogens is 2. The second-order valence-electron chi connectivity index (χ2n) is 6.34. The summed E-state index contributed by atoms with van der Waals surface area (Å²) in [7, 11) is 0. The fourth-order valence-corrected chi connectivity index (χ4v) is 3.67. The van der Waals surface area contributed by atoms with Crippen LogP contribution in [-0.2, 0) is 4.79 Å². The number of anilines is 3. The van der Waals surface area contributed by atoms with Gasteiger partial charge in [-0.15, -0.1) is 0 Å². The number of rotatable bonds is 5. The number of nitrogens with two attached hydrogens (primary N) is 1. The average Bonchev–Trinajstić information content (AvgIpc) is 2.67. The van der Waals surface area contributed by atoms with E-state index in [0.29, 0.717) is 22.3 Å². The van der Waals surface area contributed by atoms with E-state index in [1.54, 1.807) is 18.2 Å². The van der Waals surface area contributed by atoms with E-state index in [9.17, 15) is 10.1 Å². The molecule has 1 atom stereocenters. The van der Waals surface area contributed by atoms with Crippen LogP contribution >= 0.6 is 23.2 Å². The molecular weight excluding hydrogens is 401 g/mol. The van der Waals surface area contributed by atoms with Gasteiger partial charge in [-0.2, -0.15) is 5.26 Å². The molecule has 0 spiro atoms. The number of nitrogen functional groups attached to an aromatic ring is 1. The van der Waals surface area contributed by atoms with E-state index >= 15 is 0 Å². The van der Waals surface area contributed by atoms with Crippen LogP contribution in [-0.4, -0.2) is 41.6 Å². The SMILES string of the molecule is N#Cc1c(N)ncnc1N(C(=O)CNc1cc(Cl)cc(Cl)c1)[C@H]1CCCNC1. The zero-order chi connectivity index (χ0) is 20.1. The highest BCUT2D eigenvalue weighted by molar-refractivity contribution is 6.35. The summed E-state index contributed by atoms with van der Waals surface area (Å²) in [4.78, 5) is 22.7. The Balaban J connectivity index is 1.87. The number of carbonyl (C=O) groups excluding carboxylic acids is 1. The first-order chi connectivity index (χ1) is 13.5. The number of carbonyl (C=O) groups is 1. The Kier molecular flexibility index (Phi) is 6.52. The molecule has 0 unspecified atom stereocenters. The summed E-state index contributed by atoms with van der Waals surface area (Å²) in [6.45, 7) is 1.46. The van der Waals surface area contributed by atoms with Crippen molar-refractivity contribution >= 4 is 46.4 Å². The number of hydrogen-bond acceptors (Lipinski definition) is 7. The van der Waals surface area contributed by atoms with Gasteiger partial charge in [0.25, 0.3) is 0 Å². The first-order valence-corrected chi connectivity index (χ1v) is 9.48. The van der Waals surface area contributed by atoms with Crippen molar-refractivity contribution in [1.29, 1.82) is 5.26 Å². The number of amides is 1. The predicted molar refractivity (Wildman–Crippen MR) is 109 cm³/mol. The Labute approximate surface area is 172 Å². The topological polar surface area (TPSA) is 120 Å². The van der Waals surface area contributed by atoms with E-state index < -0.39 is 0 Å².